The van der Waals surface area contributed by atoms with Gasteiger partial charge in [-0.1, -0.05) is 85.8 Å². The minimum absolute atomic E-state index is 0.0468. The number of benzene rings is 3. The largest absolute Gasteiger partial charge is 0.496 e. The number of amides is 1. The number of esters is 1. The van der Waals surface area contributed by atoms with E-state index in [0.29, 0.717) is 22.2 Å². The average molecular weight is 501 g/mol. The van der Waals surface area contributed by atoms with Crippen molar-refractivity contribution in [1.82, 2.24) is 4.90 Å². The molecular formula is C29H28N2O4S. The molecule has 0 aliphatic carbocycles. The van der Waals surface area contributed by atoms with Crippen LogP contribution in [0.25, 0.3) is 16.5 Å². The monoisotopic (exact) mass is 500 g/mol. The minimum Gasteiger partial charge on any atom is -0.496 e. The first-order valence-corrected chi connectivity index (χ1v) is 13.1. The Hall–Kier alpha value is -3.58. The lowest BCUT2D eigenvalue weighted by Crippen LogP contribution is -2.41. The van der Waals surface area contributed by atoms with Gasteiger partial charge >= 0.3 is 5.97 Å². The zero-order valence-corrected chi connectivity index (χ0v) is 21.4. The summed E-state index contributed by atoms with van der Waals surface area (Å²) >= 11 is 1.47. The van der Waals surface area contributed by atoms with Gasteiger partial charge in [-0.25, -0.2) is 9.79 Å². The summed E-state index contributed by atoms with van der Waals surface area (Å²) in [6.45, 7) is 4.05. The maximum Gasteiger partial charge on any atom is 0.338 e. The molecule has 0 saturated carbocycles. The summed E-state index contributed by atoms with van der Waals surface area (Å²) < 4.78 is 11.4. The van der Waals surface area contributed by atoms with Crippen LogP contribution in [-0.2, 0) is 14.3 Å². The van der Waals surface area contributed by atoms with Gasteiger partial charge in [-0.3, -0.25) is 9.69 Å². The smallest absolute Gasteiger partial charge is 0.338 e. The Morgan fingerprint density at radius 1 is 1.03 bits per heavy atom. The van der Waals surface area contributed by atoms with E-state index >= 15 is 0 Å². The topological polar surface area (TPSA) is 68.2 Å². The zero-order chi connectivity index (χ0) is 25.2. The first kappa shape index (κ1) is 24.1. The molecule has 5 rings (SSSR count). The van der Waals surface area contributed by atoms with Crippen LogP contribution in [0.3, 0.4) is 0 Å². The van der Waals surface area contributed by atoms with Crippen molar-refractivity contribution in [2.24, 2.45) is 4.99 Å². The van der Waals surface area contributed by atoms with Crippen molar-refractivity contribution in [1.29, 1.82) is 0 Å². The van der Waals surface area contributed by atoms with E-state index in [9.17, 15) is 9.59 Å². The van der Waals surface area contributed by atoms with Gasteiger partial charge in [0.25, 0.3) is 0 Å². The van der Waals surface area contributed by atoms with Crippen LogP contribution in [0, 0.1) is 0 Å². The number of hydrogen-bond donors (Lipinski definition) is 0. The molecule has 0 spiro atoms. The molecule has 0 radical (unpaired) electrons. The predicted octanol–water partition coefficient (Wildman–Crippen LogP) is 5.98. The number of hydrogen-bond acceptors (Lipinski definition) is 6. The van der Waals surface area contributed by atoms with E-state index < -0.39 is 12.0 Å². The average Bonchev–Trinajstić information content (AvgIpc) is 3.22. The van der Waals surface area contributed by atoms with Crippen LogP contribution >= 0.6 is 11.8 Å². The Balaban J connectivity index is 1.85. The molecule has 184 valence electrons. The van der Waals surface area contributed by atoms with Crippen LogP contribution in [0.5, 0.6) is 5.75 Å². The van der Waals surface area contributed by atoms with E-state index in [1.165, 1.54) is 11.8 Å². The maximum absolute atomic E-state index is 13.8. The molecule has 36 heavy (non-hydrogen) atoms. The first-order valence-electron chi connectivity index (χ1n) is 12.2. The molecule has 7 heteroatoms. The molecule has 2 unspecified atom stereocenters. The summed E-state index contributed by atoms with van der Waals surface area (Å²) in [5.41, 5.74) is 2.42. The van der Waals surface area contributed by atoms with Crippen molar-refractivity contribution >= 4 is 45.3 Å². The van der Waals surface area contributed by atoms with Crippen molar-refractivity contribution < 1.29 is 19.1 Å². The van der Waals surface area contributed by atoms with Gasteiger partial charge in [-0.15, -0.1) is 0 Å². The fourth-order valence-electron chi connectivity index (χ4n) is 4.90. The Morgan fingerprint density at radius 2 is 1.78 bits per heavy atom. The first-order chi connectivity index (χ1) is 17.6. The highest BCUT2D eigenvalue weighted by Crippen LogP contribution is 2.50. The number of aliphatic imine (C=N–C) groups is 1. The third-order valence-electron chi connectivity index (χ3n) is 6.48. The molecule has 2 aliphatic rings. The third kappa shape index (κ3) is 4.07. The molecule has 0 bridgehead atoms. The molecule has 0 aromatic heterocycles. The second-order valence-corrected chi connectivity index (χ2v) is 9.82. The lowest BCUT2D eigenvalue weighted by atomic mass is 9.88. The summed E-state index contributed by atoms with van der Waals surface area (Å²) in [5.74, 6) is 0.0660. The summed E-state index contributed by atoms with van der Waals surface area (Å²) in [7, 11) is 1.61. The highest BCUT2D eigenvalue weighted by molar-refractivity contribution is 8.15. The molecule has 3 aromatic rings. The Bertz CT molecular complexity index is 1380. The number of carbonyl (C=O) groups is 2. The normalized spacial score (nSPS) is 19.4. The lowest BCUT2D eigenvalue weighted by Gasteiger charge is -2.35. The quantitative estimate of drug-likeness (QED) is 0.374. The fourth-order valence-corrected chi connectivity index (χ4v) is 6.18. The van der Waals surface area contributed by atoms with E-state index in [2.05, 4.69) is 6.92 Å². The summed E-state index contributed by atoms with van der Waals surface area (Å²) in [6, 6.07) is 20.7. The number of methoxy groups -OCH3 is 1. The van der Waals surface area contributed by atoms with Crippen LogP contribution < -0.4 is 4.74 Å². The number of carbonyl (C=O) groups excluding carboxylic acids is 2. The zero-order valence-electron chi connectivity index (χ0n) is 20.6. The van der Waals surface area contributed by atoms with Gasteiger partial charge in [-0.2, -0.15) is 0 Å². The predicted molar refractivity (Wildman–Crippen MR) is 144 cm³/mol. The maximum atomic E-state index is 13.8. The molecule has 3 aromatic carbocycles. The number of nitrogens with zero attached hydrogens (tertiary/aromatic N) is 2. The lowest BCUT2D eigenvalue weighted by molar-refractivity contribution is -0.139. The molecule has 1 fully saturated rings. The van der Waals surface area contributed by atoms with Gasteiger partial charge < -0.3 is 9.47 Å². The van der Waals surface area contributed by atoms with E-state index in [1.807, 2.05) is 66.7 Å². The Labute approximate surface area is 215 Å². The van der Waals surface area contributed by atoms with Crippen LogP contribution in [0.4, 0.5) is 0 Å². The van der Waals surface area contributed by atoms with Crippen molar-refractivity contribution in [2.75, 3.05) is 13.7 Å². The van der Waals surface area contributed by atoms with Gasteiger partial charge in [0.1, 0.15) is 11.8 Å². The number of thioether (sulfide) groups is 1. The summed E-state index contributed by atoms with van der Waals surface area (Å²) in [5, 5.41) is 2.25. The molecule has 2 atom stereocenters. The second kappa shape index (κ2) is 10.2. The highest BCUT2D eigenvalue weighted by atomic mass is 32.2. The van der Waals surface area contributed by atoms with Gasteiger partial charge in [0.05, 0.1) is 30.2 Å². The van der Waals surface area contributed by atoms with Crippen molar-refractivity contribution in [3.8, 4) is 5.75 Å². The SMILES string of the molecule is CCCC1SC2=NC(c3ccccc3)=C(C(=O)OCC)C(c3c(OC)ccc4ccccc34)N2C1=O. The van der Waals surface area contributed by atoms with E-state index in [4.69, 9.17) is 14.5 Å². The van der Waals surface area contributed by atoms with Crippen LogP contribution in [-0.4, -0.2) is 40.9 Å². The number of amidine groups is 1. The van der Waals surface area contributed by atoms with Crippen LogP contribution in [0.1, 0.15) is 43.9 Å². The molecule has 6 nitrogen and oxygen atoms in total. The minimum atomic E-state index is -0.741. The number of rotatable bonds is 7. The number of ether oxygens (including phenoxy) is 2. The van der Waals surface area contributed by atoms with E-state index in [-0.39, 0.29) is 17.8 Å². The standard InChI is InChI=1S/C29H28N2O4S/c1-4-11-22-27(32)31-26(23-20-15-10-9-12-18(20)16-17-21(23)34-3)24(28(33)35-5-2)25(30-29(31)36-22)19-13-7-6-8-14-19/h6-10,12-17,22,26H,4-5,11H2,1-3H3. The molecule has 1 saturated heterocycles. The molecule has 2 aliphatic heterocycles. The van der Waals surface area contributed by atoms with Gasteiger partial charge in [0.2, 0.25) is 5.91 Å². The second-order valence-electron chi connectivity index (χ2n) is 8.65. The van der Waals surface area contributed by atoms with E-state index in [1.54, 1.807) is 18.9 Å². The van der Waals surface area contributed by atoms with Gasteiger partial charge in [0.15, 0.2) is 5.17 Å². The molecule has 1 amide bonds. The van der Waals surface area contributed by atoms with Crippen LogP contribution in [0.2, 0.25) is 0 Å². The fraction of sp³-hybridized carbons (Fsp3) is 0.276. The van der Waals surface area contributed by atoms with Gasteiger partial charge in [-0.05, 0) is 30.2 Å². The number of fused-ring (bicyclic) bond motifs is 2. The van der Waals surface area contributed by atoms with Crippen LogP contribution in [0.15, 0.2) is 77.3 Å². The Kier molecular flexibility index (Phi) is 6.83. The van der Waals surface area contributed by atoms with Gasteiger partial charge in [0, 0.05) is 11.1 Å². The van der Waals surface area contributed by atoms with Crippen molar-refractivity contribution in [2.45, 2.75) is 38.0 Å². The highest BCUT2D eigenvalue weighted by Gasteiger charge is 2.49. The third-order valence-corrected chi connectivity index (χ3v) is 7.70. The molecular weight excluding hydrogens is 472 g/mol. The molecule has 0 N–H and O–H groups in total. The Morgan fingerprint density at radius 3 is 2.50 bits per heavy atom. The molecule has 2 heterocycles. The van der Waals surface area contributed by atoms with Crippen molar-refractivity contribution in [3.63, 3.8) is 0 Å². The van der Waals surface area contributed by atoms with Crippen molar-refractivity contribution in [3.05, 3.63) is 83.4 Å². The summed E-state index contributed by atoms with van der Waals surface area (Å²) in [4.78, 5) is 34.1. The summed E-state index contributed by atoms with van der Waals surface area (Å²) in [6.07, 6.45) is 1.60. The van der Waals surface area contributed by atoms with E-state index in [0.717, 1.165) is 34.7 Å².